The molecule has 292 valence electrons. The molecule has 0 fully saturated rings. The Kier molecular flexibility index (Phi) is 14.0. The lowest BCUT2D eigenvalue weighted by Gasteiger charge is -2.12. The third-order valence-corrected chi connectivity index (χ3v) is 8.27. The molecule has 0 aliphatic carbocycles. The van der Waals surface area contributed by atoms with Gasteiger partial charge in [-0.15, -0.1) is 0 Å². The Balaban J connectivity index is 0.000000213. The first kappa shape index (κ1) is 42.8. The van der Waals surface area contributed by atoms with Gasteiger partial charge in [-0.2, -0.15) is 26.3 Å². The second-order valence-electron chi connectivity index (χ2n) is 11.9. The van der Waals surface area contributed by atoms with Crippen molar-refractivity contribution in [2.45, 2.75) is 12.4 Å². The van der Waals surface area contributed by atoms with Crippen LogP contribution in [0.5, 0.6) is 0 Å². The van der Waals surface area contributed by atoms with Gasteiger partial charge in [0.05, 0.1) is 11.1 Å². The number of benzene rings is 6. The highest BCUT2D eigenvalue weighted by atomic mass is 35.5. The van der Waals surface area contributed by atoms with E-state index in [0.29, 0.717) is 68.6 Å². The number of carbonyl (C=O) groups is 4. The van der Waals surface area contributed by atoms with E-state index in [9.17, 15) is 45.5 Å². The van der Waals surface area contributed by atoms with Crippen LogP contribution in [0.2, 0.25) is 0 Å². The molecule has 57 heavy (non-hydrogen) atoms. The van der Waals surface area contributed by atoms with Gasteiger partial charge in [0.1, 0.15) is 0 Å². The predicted molar refractivity (Wildman–Crippen MR) is 209 cm³/mol. The van der Waals surface area contributed by atoms with Crippen LogP contribution in [0.4, 0.5) is 49.1 Å². The van der Waals surface area contributed by atoms with Gasteiger partial charge in [0.15, 0.2) is 12.6 Å². The fourth-order valence-electron chi connectivity index (χ4n) is 5.18. The van der Waals surface area contributed by atoms with Crippen molar-refractivity contribution in [2.24, 2.45) is 0 Å². The van der Waals surface area contributed by atoms with Crippen LogP contribution in [-0.2, 0) is 12.4 Å². The molecule has 0 aliphatic rings. The maximum absolute atomic E-state index is 12.8. The number of nitrogens with two attached hydrogens (primary N) is 3. The number of nitrogen functional groups attached to an aromatic ring is 3. The number of hydrogen-bond donors (Lipinski definition) is 4. The van der Waals surface area contributed by atoms with Crippen LogP contribution >= 0.6 is 11.6 Å². The molecule has 0 aliphatic heterocycles. The second-order valence-corrected chi connectivity index (χ2v) is 12.3. The number of halogens is 7. The van der Waals surface area contributed by atoms with Crippen LogP contribution < -0.4 is 22.5 Å². The van der Waals surface area contributed by atoms with Crippen molar-refractivity contribution in [2.75, 3.05) is 22.5 Å². The largest absolute Gasteiger partial charge is 0.416 e. The minimum atomic E-state index is -4.43. The molecule has 0 bridgehead atoms. The zero-order chi connectivity index (χ0) is 41.9. The van der Waals surface area contributed by atoms with Gasteiger partial charge >= 0.3 is 12.4 Å². The fourth-order valence-corrected chi connectivity index (χ4v) is 5.34. The lowest BCUT2D eigenvalue weighted by molar-refractivity contribution is -0.138. The van der Waals surface area contributed by atoms with E-state index in [0.717, 1.165) is 24.3 Å². The summed E-state index contributed by atoms with van der Waals surface area (Å²) >= 11 is 5.44. The summed E-state index contributed by atoms with van der Waals surface area (Å²) in [6.07, 6.45) is -7.49. The van der Waals surface area contributed by atoms with E-state index in [-0.39, 0.29) is 11.3 Å². The number of carbonyl (C=O) groups excluding carboxylic acids is 4. The summed E-state index contributed by atoms with van der Waals surface area (Å²) in [5.41, 5.74) is 20.0. The van der Waals surface area contributed by atoms with Gasteiger partial charge < -0.3 is 22.5 Å². The molecule has 0 spiro atoms. The highest BCUT2D eigenvalue weighted by Gasteiger charge is 2.31. The van der Waals surface area contributed by atoms with E-state index in [1.807, 2.05) is 0 Å². The van der Waals surface area contributed by atoms with Crippen molar-refractivity contribution in [3.63, 3.8) is 0 Å². The van der Waals surface area contributed by atoms with Gasteiger partial charge in [0.25, 0.3) is 11.1 Å². The standard InChI is InChI=1S/C21H15F3N2O2.C14H8ClF3O.C7H8N2O/c22-21(23,24)15-8-5-13(6-9-15)17-3-1-2-4-18(17)20(28)26-16-10-7-14(12-27)19(25)11-16;15-13(19)12-4-2-1-3-11(12)9-5-7-10(8-6-9)14(16,17)18;8-6-2-1-5(4-10)7(9)3-6/h1-12H,25H2,(H,26,28);1-8H;1-4H,8-9H2. The summed E-state index contributed by atoms with van der Waals surface area (Å²) in [6.45, 7) is 0. The minimum Gasteiger partial charge on any atom is -0.399 e. The van der Waals surface area contributed by atoms with Crippen LogP contribution in [0, 0.1) is 0 Å². The predicted octanol–water partition coefficient (Wildman–Crippen LogP) is 10.4. The van der Waals surface area contributed by atoms with E-state index in [1.54, 1.807) is 66.7 Å². The van der Waals surface area contributed by atoms with E-state index < -0.39 is 34.6 Å². The van der Waals surface area contributed by atoms with Crippen molar-refractivity contribution in [1.82, 2.24) is 0 Å². The molecule has 0 heterocycles. The molecule has 6 aromatic carbocycles. The third kappa shape index (κ3) is 11.5. The quantitative estimate of drug-likeness (QED) is 0.0541. The third-order valence-electron chi connectivity index (χ3n) is 8.07. The average Bonchev–Trinajstić information content (AvgIpc) is 3.18. The molecular formula is C42H31ClF6N4O4. The van der Waals surface area contributed by atoms with Gasteiger partial charge in [-0.05, 0) is 107 Å². The van der Waals surface area contributed by atoms with Crippen LogP contribution in [0.15, 0.2) is 133 Å². The molecule has 8 nitrogen and oxygen atoms in total. The highest BCUT2D eigenvalue weighted by Crippen LogP contribution is 2.33. The average molecular weight is 805 g/mol. The molecule has 0 saturated heterocycles. The summed E-state index contributed by atoms with van der Waals surface area (Å²) in [5.74, 6) is -0.450. The van der Waals surface area contributed by atoms with E-state index >= 15 is 0 Å². The molecule has 7 N–H and O–H groups in total. The summed E-state index contributed by atoms with van der Waals surface area (Å²) in [5, 5.41) is 2.04. The first-order chi connectivity index (χ1) is 26.9. The number of amides is 1. The lowest BCUT2D eigenvalue weighted by Crippen LogP contribution is -2.13. The molecule has 1 amide bonds. The summed E-state index contributed by atoms with van der Waals surface area (Å²) in [4.78, 5) is 45.0. The van der Waals surface area contributed by atoms with Gasteiger partial charge in [-0.25, -0.2) is 0 Å². The Morgan fingerprint density at radius 1 is 0.544 bits per heavy atom. The fraction of sp³-hybridized carbons (Fsp3) is 0.0476. The number of alkyl halides is 6. The number of hydrogen-bond acceptors (Lipinski definition) is 7. The first-order valence-electron chi connectivity index (χ1n) is 16.4. The van der Waals surface area contributed by atoms with Crippen LogP contribution in [0.1, 0.15) is 52.6 Å². The van der Waals surface area contributed by atoms with Crippen molar-refractivity contribution >= 4 is 58.1 Å². The van der Waals surface area contributed by atoms with Gasteiger partial charge in [0, 0.05) is 45.0 Å². The molecule has 6 rings (SSSR count). The number of anilines is 4. The Morgan fingerprint density at radius 2 is 0.965 bits per heavy atom. The van der Waals surface area contributed by atoms with Gasteiger partial charge in [0.2, 0.25) is 0 Å². The number of nitrogens with one attached hydrogen (secondary N) is 1. The topological polar surface area (TPSA) is 158 Å². The Hall–Kier alpha value is -6.93. The van der Waals surface area contributed by atoms with Crippen molar-refractivity contribution in [1.29, 1.82) is 0 Å². The first-order valence-corrected chi connectivity index (χ1v) is 16.8. The van der Waals surface area contributed by atoms with E-state index in [1.165, 1.54) is 42.5 Å². The molecule has 0 aromatic heterocycles. The van der Waals surface area contributed by atoms with Gasteiger partial charge in [-0.1, -0.05) is 60.7 Å². The zero-order valence-corrected chi connectivity index (χ0v) is 30.1. The maximum Gasteiger partial charge on any atom is 0.416 e. The smallest absolute Gasteiger partial charge is 0.399 e. The molecule has 0 unspecified atom stereocenters. The van der Waals surface area contributed by atoms with E-state index in [2.05, 4.69) is 5.32 Å². The van der Waals surface area contributed by atoms with Crippen LogP contribution in [0.25, 0.3) is 22.3 Å². The molecule has 0 atom stereocenters. The SMILES string of the molecule is Nc1cc(NC(=O)c2ccccc2-c2ccc(C(F)(F)F)cc2)ccc1C=O.Nc1ccc(C=O)c(N)c1.O=C(Cl)c1ccccc1-c1ccc(C(F)(F)F)cc1. The minimum absolute atomic E-state index is 0.226. The Bertz CT molecular complexity index is 2380. The Labute approximate surface area is 326 Å². The summed E-state index contributed by atoms with van der Waals surface area (Å²) < 4.78 is 75.7. The molecule has 0 saturated carbocycles. The maximum atomic E-state index is 12.8. The van der Waals surface area contributed by atoms with Crippen LogP contribution in [-0.4, -0.2) is 23.7 Å². The molecule has 6 aromatic rings. The van der Waals surface area contributed by atoms with Crippen molar-refractivity contribution in [3.05, 3.63) is 167 Å². The number of aldehydes is 2. The Morgan fingerprint density at radius 3 is 1.39 bits per heavy atom. The van der Waals surface area contributed by atoms with Crippen molar-refractivity contribution in [3.8, 4) is 22.3 Å². The van der Waals surface area contributed by atoms with E-state index in [4.69, 9.17) is 28.8 Å². The normalized spacial score (nSPS) is 10.9. The van der Waals surface area contributed by atoms with Crippen molar-refractivity contribution < 1.29 is 45.5 Å². The second kappa shape index (κ2) is 18.6. The highest BCUT2D eigenvalue weighted by molar-refractivity contribution is 6.68. The van der Waals surface area contributed by atoms with Gasteiger partial charge in [-0.3, -0.25) is 19.2 Å². The number of rotatable bonds is 7. The molecule has 0 radical (unpaired) electrons. The molecule has 15 heteroatoms. The molecular weight excluding hydrogens is 774 g/mol. The zero-order valence-electron chi connectivity index (χ0n) is 29.4. The summed E-state index contributed by atoms with van der Waals surface area (Å²) in [7, 11) is 0. The lowest BCUT2D eigenvalue weighted by atomic mass is 9.98. The van der Waals surface area contributed by atoms with Crippen LogP contribution in [0.3, 0.4) is 0 Å². The monoisotopic (exact) mass is 804 g/mol. The summed E-state index contributed by atoms with van der Waals surface area (Å²) in [6, 6.07) is 31.6.